The smallest absolute Gasteiger partial charge is 0.341 e. The molecule has 0 spiro atoms. The van der Waals surface area contributed by atoms with Crippen LogP contribution >= 0.6 is 15.9 Å². The molecule has 0 aliphatic heterocycles. The number of carbonyl (C=O) groups is 1. The van der Waals surface area contributed by atoms with Crippen LogP contribution < -0.4 is 4.74 Å². The van der Waals surface area contributed by atoms with Crippen LogP contribution in [0.25, 0.3) is 0 Å². The van der Waals surface area contributed by atoms with Gasteiger partial charge >= 0.3 is 5.97 Å². The second kappa shape index (κ2) is 4.80. The van der Waals surface area contributed by atoms with Gasteiger partial charge in [0.25, 0.3) is 0 Å². The number of aromatic carboxylic acids is 1. The van der Waals surface area contributed by atoms with E-state index in [9.17, 15) is 4.79 Å². The van der Waals surface area contributed by atoms with Gasteiger partial charge in [0.2, 0.25) is 5.88 Å². The Kier molecular flexibility index (Phi) is 3.69. The van der Waals surface area contributed by atoms with Crippen molar-refractivity contribution in [2.45, 2.75) is 13.0 Å². The number of nitrogens with zero attached hydrogens (tertiary/aromatic N) is 1. The van der Waals surface area contributed by atoms with E-state index in [2.05, 4.69) is 26.8 Å². The summed E-state index contributed by atoms with van der Waals surface area (Å²) in [6.45, 7) is 1.63. The SMILES string of the molecule is C#CC(C)Oc1ncc(Br)cc1C(=O)O. The summed E-state index contributed by atoms with van der Waals surface area (Å²) in [6.07, 6.45) is 6.05. The zero-order valence-corrected chi connectivity index (χ0v) is 9.48. The Morgan fingerprint density at radius 2 is 2.47 bits per heavy atom. The number of pyridine rings is 1. The van der Waals surface area contributed by atoms with E-state index in [1.807, 2.05) is 0 Å². The third-order valence-electron chi connectivity index (χ3n) is 1.57. The minimum Gasteiger partial charge on any atom is -0.477 e. The van der Waals surface area contributed by atoms with Crippen molar-refractivity contribution in [3.05, 3.63) is 22.3 Å². The van der Waals surface area contributed by atoms with Gasteiger partial charge in [-0.3, -0.25) is 0 Å². The molecule has 0 aromatic carbocycles. The van der Waals surface area contributed by atoms with Crippen LogP contribution in [0.1, 0.15) is 17.3 Å². The number of terminal acetylenes is 1. The minimum atomic E-state index is -1.11. The number of halogens is 1. The standard InChI is InChI=1S/C10H8BrNO3/c1-3-6(2)15-9-8(10(13)14)4-7(11)5-12-9/h1,4-6H,2H3,(H,13,14). The lowest BCUT2D eigenvalue weighted by molar-refractivity contribution is 0.0690. The van der Waals surface area contributed by atoms with Crippen molar-refractivity contribution in [3.8, 4) is 18.2 Å². The number of hydrogen-bond donors (Lipinski definition) is 1. The molecule has 1 rings (SSSR count). The van der Waals surface area contributed by atoms with Crippen LogP contribution in [0.5, 0.6) is 5.88 Å². The summed E-state index contributed by atoms with van der Waals surface area (Å²) in [5.74, 6) is 1.24. The first-order valence-electron chi connectivity index (χ1n) is 4.06. The zero-order valence-electron chi connectivity index (χ0n) is 7.90. The maximum atomic E-state index is 10.9. The Balaban J connectivity index is 3.07. The quantitative estimate of drug-likeness (QED) is 0.853. The highest BCUT2D eigenvalue weighted by Crippen LogP contribution is 2.20. The van der Waals surface area contributed by atoms with Crippen LogP contribution in [0.4, 0.5) is 0 Å². The fourth-order valence-corrected chi connectivity index (χ4v) is 1.21. The van der Waals surface area contributed by atoms with E-state index in [0.717, 1.165) is 0 Å². The molecule has 1 unspecified atom stereocenters. The average Bonchev–Trinajstić information content (AvgIpc) is 2.20. The van der Waals surface area contributed by atoms with Gasteiger partial charge in [-0.2, -0.15) is 0 Å². The Hall–Kier alpha value is -1.54. The van der Waals surface area contributed by atoms with Crippen LogP contribution in [0.2, 0.25) is 0 Å². The number of aromatic nitrogens is 1. The van der Waals surface area contributed by atoms with Crippen LogP contribution in [0.3, 0.4) is 0 Å². The second-order valence-corrected chi connectivity index (χ2v) is 3.65. The Labute approximate surface area is 95.4 Å². The van der Waals surface area contributed by atoms with Crippen molar-refractivity contribution in [2.24, 2.45) is 0 Å². The second-order valence-electron chi connectivity index (χ2n) is 2.74. The van der Waals surface area contributed by atoms with E-state index < -0.39 is 12.1 Å². The number of rotatable bonds is 3. The normalized spacial score (nSPS) is 11.5. The molecule has 1 aromatic heterocycles. The predicted molar refractivity (Wildman–Crippen MR) is 57.8 cm³/mol. The highest BCUT2D eigenvalue weighted by atomic mass is 79.9. The first-order valence-corrected chi connectivity index (χ1v) is 4.85. The number of hydrogen-bond acceptors (Lipinski definition) is 3. The summed E-state index contributed by atoms with van der Waals surface area (Å²) in [6, 6.07) is 1.41. The van der Waals surface area contributed by atoms with Crippen molar-refractivity contribution < 1.29 is 14.6 Å². The van der Waals surface area contributed by atoms with Gasteiger partial charge < -0.3 is 9.84 Å². The number of carboxylic acid groups (broad SMARTS) is 1. The first-order chi connectivity index (χ1) is 7.04. The Bertz CT molecular complexity index is 425. The molecule has 0 saturated heterocycles. The molecule has 0 radical (unpaired) electrons. The molecule has 0 bridgehead atoms. The molecule has 0 amide bonds. The molecule has 0 aliphatic carbocycles. The molecular weight excluding hydrogens is 262 g/mol. The minimum absolute atomic E-state index is 0.0218. The molecule has 15 heavy (non-hydrogen) atoms. The maximum Gasteiger partial charge on any atom is 0.341 e. The molecule has 1 heterocycles. The van der Waals surface area contributed by atoms with Crippen LogP contribution in [-0.2, 0) is 0 Å². The lowest BCUT2D eigenvalue weighted by atomic mass is 10.3. The molecule has 0 aliphatic rings. The van der Waals surface area contributed by atoms with E-state index in [-0.39, 0.29) is 11.4 Å². The molecule has 5 heteroatoms. The Morgan fingerprint density at radius 1 is 1.80 bits per heavy atom. The van der Waals surface area contributed by atoms with Crippen LogP contribution in [0, 0.1) is 12.3 Å². The topological polar surface area (TPSA) is 59.4 Å². The van der Waals surface area contributed by atoms with E-state index >= 15 is 0 Å². The molecule has 1 atom stereocenters. The van der Waals surface area contributed by atoms with E-state index in [1.165, 1.54) is 12.3 Å². The molecular formula is C10H8BrNO3. The lowest BCUT2D eigenvalue weighted by Gasteiger charge is -2.10. The molecule has 78 valence electrons. The highest BCUT2D eigenvalue weighted by Gasteiger charge is 2.14. The van der Waals surface area contributed by atoms with E-state index in [0.29, 0.717) is 4.47 Å². The number of carboxylic acids is 1. The summed E-state index contributed by atoms with van der Waals surface area (Å²) < 4.78 is 5.73. The van der Waals surface area contributed by atoms with Gasteiger partial charge in [0.15, 0.2) is 6.10 Å². The van der Waals surface area contributed by atoms with Gasteiger partial charge in [-0.25, -0.2) is 9.78 Å². The van der Waals surface area contributed by atoms with Crippen molar-refractivity contribution in [1.29, 1.82) is 0 Å². The van der Waals surface area contributed by atoms with Crippen molar-refractivity contribution in [3.63, 3.8) is 0 Å². The predicted octanol–water partition coefficient (Wildman–Crippen LogP) is 1.94. The summed E-state index contributed by atoms with van der Waals surface area (Å²) in [5.41, 5.74) is -0.0218. The average molecular weight is 270 g/mol. The van der Waals surface area contributed by atoms with Crippen molar-refractivity contribution >= 4 is 21.9 Å². The summed E-state index contributed by atoms with van der Waals surface area (Å²) in [5, 5.41) is 8.88. The summed E-state index contributed by atoms with van der Waals surface area (Å²) in [4.78, 5) is 14.7. The molecule has 0 fully saturated rings. The largest absolute Gasteiger partial charge is 0.477 e. The third kappa shape index (κ3) is 2.96. The van der Waals surface area contributed by atoms with Crippen molar-refractivity contribution in [2.75, 3.05) is 0 Å². The summed E-state index contributed by atoms with van der Waals surface area (Å²) in [7, 11) is 0. The van der Waals surface area contributed by atoms with Gasteiger partial charge in [0.1, 0.15) is 5.56 Å². The first kappa shape index (κ1) is 11.5. The summed E-state index contributed by atoms with van der Waals surface area (Å²) >= 11 is 3.13. The number of ether oxygens (including phenoxy) is 1. The van der Waals surface area contributed by atoms with Gasteiger partial charge in [0, 0.05) is 10.7 Å². The van der Waals surface area contributed by atoms with E-state index in [1.54, 1.807) is 6.92 Å². The maximum absolute atomic E-state index is 10.9. The lowest BCUT2D eigenvalue weighted by Crippen LogP contribution is -2.12. The van der Waals surface area contributed by atoms with E-state index in [4.69, 9.17) is 16.3 Å². The fraction of sp³-hybridized carbons (Fsp3) is 0.200. The van der Waals surface area contributed by atoms with Gasteiger partial charge in [-0.15, -0.1) is 6.42 Å². The highest BCUT2D eigenvalue weighted by molar-refractivity contribution is 9.10. The van der Waals surface area contributed by atoms with Gasteiger partial charge in [-0.05, 0) is 28.9 Å². The third-order valence-corrected chi connectivity index (χ3v) is 2.00. The Morgan fingerprint density at radius 3 is 3.00 bits per heavy atom. The zero-order chi connectivity index (χ0) is 11.4. The van der Waals surface area contributed by atoms with Crippen LogP contribution in [0.15, 0.2) is 16.7 Å². The van der Waals surface area contributed by atoms with Gasteiger partial charge in [0.05, 0.1) is 0 Å². The van der Waals surface area contributed by atoms with Crippen molar-refractivity contribution in [1.82, 2.24) is 4.98 Å². The van der Waals surface area contributed by atoms with Gasteiger partial charge in [-0.1, -0.05) is 5.92 Å². The monoisotopic (exact) mass is 269 g/mol. The van der Waals surface area contributed by atoms with Crippen LogP contribution in [-0.4, -0.2) is 22.2 Å². The fourth-order valence-electron chi connectivity index (χ4n) is 0.875. The molecule has 4 nitrogen and oxygen atoms in total. The molecule has 0 saturated carbocycles. The molecule has 1 aromatic rings. The molecule has 1 N–H and O–H groups in total.